The average Bonchev–Trinajstić information content (AvgIpc) is 2.90. The molecule has 2 amide bonds. The Kier molecular flexibility index (Phi) is 3.86. The smallest absolute Gasteiger partial charge is 0.315 e. The summed E-state index contributed by atoms with van der Waals surface area (Å²) in [5.74, 6) is 0.904. The Morgan fingerprint density at radius 2 is 2.25 bits per heavy atom. The molecule has 0 spiro atoms. The van der Waals surface area contributed by atoms with E-state index in [0.717, 1.165) is 25.0 Å². The van der Waals surface area contributed by atoms with Crippen LogP contribution in [0.2, 0.25) is 0 Å². The highest BCUT2D eigenvalue weighted by molar-refractivity contribution is 5.74. The number of hydrogen-bond acceptors (Lipinski definition) is 2. The maximum absolute atomic E-state index is 11.5. The van der Waals surface area contributed by atoms with Crippen molar-refractivity contribution < 1.29 is 9.21 Å². The summed E-state index contributed by atoms with van der Waals surface area (Å²) in [6.45, 7) is 0.617. The first kappa shape index (κ1) is 11.0. The zero-order chi connectivity index (χ0) is 11.2. The lowest BCUT2D eigenvalue weighted by molar-refractivity contribution is 0.237. The van der Waals surface area contributed by atoms with Crippen molar-refractivity contribution in [3.8, 4) is 0 Å². The van der Waals surface area contributed by atoms with E-state index in [-0.39, 0.29) is 6.03 Å². The monoisotopic (exact) mass is 222 g/mol. The van der Waals surface area contributed by atoms with Gasteiger partial charge < -0.3 is 15.1 Å². The van der Waals surface area contributed by atoms with E-state index in [1.165, 1.54) is 12.8 Å². The van der Waals surface area contributed by atoms with Crippen LogP contribution in [0.15, 0.2) is 22.8 Å². The van der Waals surface area contributed by atoms with Crippen LogP contribution < -0.4 is 10.6 Å². The molecule has 1 saturated carbocycles. The number of hydrogen-bond donors (Lipinski definition) is 2. The van der Waals surface area contributed by atoms with Crippen LogP contribution in [0.5, 0.6) is 0 Å². The molecule has 0 unspecified atom stereocenters. The highest BCUT2D eigenvalue weighted by Gasteiger charge is 2.16. The topological polar surface area (TPSA) is 54.3 Å². The minimum absolute atomic E-state index is 0.0570. The fourth-order valence-corrected chi connectivity index (χ4v) is 2.06. The van der Waals surface area contributed by atoms with Crippen molar-refractivity contribution in [2.45, 2.75) is 38.1 Å². The summed E-state index contributed by atoms with van der Waals surface area (Å²) in [5, 5.41) is 5.82. The molecule has 1 aromatic rings. The van der Waals surface area contributed by atoms with E-state index in [1.54, 1.807) is 6.26 Å². The molecular formula is C12H18N2O2. The van der Waals surface area contributed by atoms with Crippen molar-refractivity contribution in [1.82, 2.24) is 10.6 Å². The van der Waals surface area contributed by atoms with Crippen LogP contribution in [0.25, 0.3) is 0 Å². The van der Waals surface area contributed by atoms with Crippen LogP contribution >= 0.6 is 0 Å². The molecule has 2 N–H and O–H groups in total. The van der Waals surface area contributed by atoms with Crippen LogP contribution in [0, 0.1) is 0 Å². The van der Waals surface area contributed by atoms with E-state index in [2.05, 4.69) is 10.6 Å². The Balaban J connectivity index is 1.60. The van der Waals surface area contributed by atoms with Crippen molar-refractivity contribution in [2.75, 3.05) is 6.54 Å². The molecule has 16 heavy (non-hydrogen) atoms. The number of amides is 2. The molecule has 0 radical (unpaired) electrons. The predicted molar refractivity (Wildman–Crippen MR) is 61.2 cm³/mol. The third kappa shape index (κ3) is 3.29. The largest absolute Gasteiger partial charge is 0.469 e. The molecule has 1 fully saturated rings. The van der Waals surface area contributed by atoms with Crippen molar-refractivity contribution in [2.24, 2.45) is 0 Å². The second-order valence-electron chi connectivity index (χ2n) is 4.21. The SMILES string of the molecule is O=C(NCCc1ccco1)NC1CCCC1. The van der Waals surface area contributed by atoms with Gasteiger partial charge in [-0.15, -0.1) is 0 Å². The van der Waals surface area contributed by atoms with E-state index in [0.29, 0.717) is 12.6 Å². The van der Waals surface area contributed by atoms with Gasteiger partial charge in [-0.3, -0.25) is 0 Å². The molecule has 1 aromatic heterocycles. The summed E-state index contributed by atoms with van der Waals surface area (Å²) < 4.78 is 5.18. The summed E-state index contributed by atoms with van der Waals surface area (Å²) in [6, 6.07) is 4.09. The fraction of sp³-hybridized carbons (Fsp3) is 0.583. The lowest BCUT2D eigenvalue weighted by atomic mass is 10.2. The molecule has 0 atom stereocenters. The van der Waals surface area contributed by atoms with Gasteiger partial charge in [0, 0.05) is 19.0 Å². The molecule has 1 aliphatic carbocycles. The van der Waals surface area contributed by atoms with Gasteiger partial charge in [-0.05, 0) is 25.0 Å². The third-order valence-electron chi connectivity index (χ3n) is 2.93. The van der Waals surface area contributed by atoms with Crippen LogP contribution in [-0.4, -0.2) is 18.6 Å². The second-order valence-corrected chi connectivity index (χ2v) is 4.21. The van der Waals surface area contributed by atoms with Crippen LogP contribution in [0.3, 0.4) is 0 Å². The number of nitrogens with one attached hydrogen (secondary N) is 2. The number of rotatable bonds is 4. The summed E-state index contributed by atoms with van der Waals surface area (Å²) in [4.78, 5) is 11.5. The van der Waals surface area contributed by atoms with Crippen LogP contribution in [-0.2, 0) is 6.42 Å². The van der Waals surface area contributed by atoms with Gasteiger partial charge in [0.1, 0.15) is 5.76 Å². The zero-order valence-electron chi connectivity index (χ0n) is 9.37. The maximum atomic E-state index is 11.5. The molecule has 1 aliphatic rings. The lowest BCUT2D eigenvalue weighted by Gasteiger charge is -2.12. The average molecular weight is 222 g/mol. The first-order chi connectivity index (χ1) is 7.84. The number of carbonyl (C=O) groups excluding carboxylic acids is 1. The van der Waals surface area contributed by atoms with Gasteiger partial charge in [0.2, 0.25) is 0 Å². The van der Waals surface area contributed by atoms with Gasteiger partial charge in [0.25, 0.3) is 0 Å². The molecular weight excluding hydrogens is 204 g/mol. The number of carbonyl (C=O) groups is 1. The normalized spacial score (nSPS) is 16.2. The summed E-state index contributed by atoms with van der Waals surface area (Å²) >= 11 is 0. The molecule has 1 heterocycles. The zero-order valence-corrected chi connectivity index (χ0v) is 9.37. The fourth-order valence-electron chi connectivity index (χ4n) is 2.06. The molecule has 4 heteroatoms. The van der Waals surface area contributed by atoms with Gasteiger partial charge in [-0.25, -0.2) is 4.79 Å². The first-order valence-corrected chi connectivity index (χ1v) is 5.91. The minimum atomic E-state index is -0.0570. The Hall–Kier alpha value is -1.45. The Morgan fingerprint density at radius 3 is 2.94 bits per heavy atom. The van der Waals surface area contributed by atoms with Gasteiger partial charge >= 0.3 is 6.03 Å². The second kappa shape index (κ2) is 5.58. The van der Waals surface area contributed by atoms with E-state index in [9.17, 15) is 4.79 Å². The van der Waals surface area contributed by atoms with E-state index in [4.69, 9.17) is 4.42 Å². The van der Waals surface area contributed by atoms with Gasteiger partial charge in [-0.1, -0.05) is 12.8 Å². The van der Waals surface area contributed by atoms with Gasteiger partial charge in [0.05, 0.1) is 6.26 Å². The highest BCUT2D eigenvalue weighted by Crippen LogP contribution is 2.17. The molecule has 0 aromatic carbocycles. The van der Waals surface area contributed by atoms with E-state index >= 15 is 0 Å². The third-order valence-corrected chi connectivity index (χ3v) is 2.93. The number of furan rings is 1. The summed E-state index contributed by atoms with van der Waals surface area (Å²) in [7, 11) is 0. The molecule has 2 rings (SSSR count). The molecule has 0 bridgehead atoms. The van der Waals surface area contributed by atoms with Crippen molar-refractivity contribution in [3.05, 3.63) is 24.2 Å². The lowest BCUT2D eigenvalue weighted by Crippen LogP contribution is -2.41. The van der Waals surface area contributed by atoms with Gasteiger partial charge in [0.15, 0.2) is 0 Å². The van der Waals surface area contributed by atoms with E-state index < -0.39 is 0 Å². The number of urea groups is 1. The van der Waals surface area contributed by atoms with Crippen LogP contribution in [0.1, 0.15) is 31.4 Å². The molecule has 4 nitrogen and oxygen atoms in total. The highest BCUT2D eigenvalue weighted by atomic mass is 16.3. The van der Waals surface area contributed by atoms with Crippen molar-refractivity contribution >= 4 is 6.03 Å². The maximum Gasteiger partial charge on any atom is 0.315 e. The Labute approximate surface area is 95.4 Å². The quantitative estimate of drug-likeness (QED) is 0.819. The van der Waals surface area contributed by atoms with E-state index in [1.807, 2.05) is 12.1 Å². The Morgan fingerprint density at radius 1 is 1.44 bits per heavy atom. The first-order valence-electron chi connectivity index (χ1n) is 5.91. The Bertz CT molecular complexity index is 316. The standard InChI is InChI=1S/C12H18N2O2/c15-12(14-10-4-1-2-5-10)13-8-7-11-6-3-9-16-11/h3,6,9-10H,1-2,4-5,7-8H2,(H2,13,14,15). The van der Waals surface area contributed by atoms with Crippen LogP contribution in [0.4, 0.5) is 4.79 Å². The molecule has 0 aliphatic heterocycles. The van der Waals surface area contributed by atoms with Gasteiger partial charge in [-0.2, -0.15) is 0 Å². The molecule has 88 valence electrons. The van der Waals surface area contributed by atoms with Crippen molar-refractivity contribution in [3.63, 3.8) is 0 Å². The summed E-state index contributed by atoms with van der Waals surface area (Å²) in [5.41, 5.74) is 0. The molecule has 0 saturated heterocycles. The predicted octanol–water partition coefficient (Wildman–Crippen LogP) is 2.06. The minimum Gasteiger partial charge on any atom is -0.469 e. The summed E-state index contributed by atoms with van der Waals surface area (Å²) in [6.07, 6.45) is 7.09. The van der Waals surface area contributed by atoms with Crippen molar-refractivity contribution in [1.29, 1.82) is 0 Å².